The fraction of sp³-hybridized carbons (Fsp3) is 0.429. The van der Waals surface area contributed by atoms with Gasteiger partial charge in [0.05, 0.1) is 12.1 Å². The summed E-state index contributed by atoms with van der Waals surface area (Å²) in [6, 6.07) is -0.0406. The molecule has 0 saturated carbocycles. The van der Waals surface area contributed by atoms with E-state index in [2.05, 4.69) is 4.74 Å². The van der Waals surface area contributed by atoms with Gasteiger partial charge in [-0.25, -0.2) is 4.79 Å². The summed E-state index contributed by atoms with van der Waals surface area (Å²) in [6.07, 6.45) is -10.7. The van der Waals surface area contributed by atoms with Crippen LogP contribution in [0.3, 0.4) is 0 Å². The average molecular weight is 370 g/mol. The minimum absolute atomic E-state index is 0.00242. The van der Waals surface area contributed by atoms with E-state index >= 15 is 0 Å². The van der Waals surface area contributed by atoms with Gasteiger partial charge in [-0.2, -0.15) is 26.3 Å². The number of cyclic esters (lactones) is 1. The van der Waals surface area contributed by atoms with Crippen LogP contribution in [0.2, 0.25) is 0 Å². The Balaban J connectivity index is 2.19. The number of alkyl halides is 6. The molecule has 138 valence electrons. The molecular weight excluding hydrogens is 358 g/mol. The smallest absolute Gasteiger partial charge is 0.416 e. The van der Waals surface area contributed by atoms with Crippen molar-refractivity contribution in [1.29, 1.82) is 0 Å². The summed E-state index contributed by atoms with van der Waals surface area (Å²) in [6.45, 7) is -0.653. The molecule has 1 aromatic rings. The second-order valence-corrected chi connectivity index (χ2v) is 5.20. The average Bonchev–Trinajstić information content (AvgIpc) is 2.88. The standard InChI is InChI=1S/C14H12F6N2O3/c15-13(16,17)9-3-1-2-8(6-9)11(14(18,19)20)21-10(23)7-22-4-5-25-12(22)24/h1-3,6,11H,4-5,7H2,(H,21,23). The Hall–Kier alpha value is -2.46. The Morgan fingerprint density at radius 1 is 1.24 bits per heavy atom. The van der Waals surface area contributed by atoms with E-state index in [1.54, 1.807) is 5.32 Å². The molecule has 11 heteroatoms. The fourth-order valence-corrected chi connectivity index (χ4v) is 2.20. The zero-order valence-electron chi connectivity index (χ0n) is 12.4. The summed E-state index contributed by atoms with van der Waals surface area (Å²) in [7, 11) is 0. The first-order chi connectivity index (χ1) is 11.5. The first kappa shape index (κ1) is 18.9. The van der Waals surface area contributed by atoms with E-state index in [0.29, 0.717) is 12.1 Å². The quantitative estimate of drug-likeness (QED) is 0.830. The molecule has 1 aliphatic heterocycles. The Kier molecular flexibility index (Phi) is 5.14. The highest BCUT2D eigenvalue weighted by atomic mass is 19.4. The normalized spacial score (nSPS) is 16.6. The number of carbonyl (C=O) groups excluding carboxylic acids is 2. The molecule has 1 N–H and O–H groups in total. The third-order valence-corrected chi connectivity index (χ3v) is 3.36. The number of benzene rings is 1. The van der Waals surface area contributed by atoms with Crippen LogP contribution in [0.1, 0.15) is 17.2 Å². The van der Waals surface area contributed by atoms with Crippen molar-refractivity contribution in [3.05, 3.63) is 35.4 Å². The maximum absolute atomic E-state index is 13.2. The molecule has 1 atom stereocenters. The first-order valence-corrected chi connectivity index (χ1v) is 6.93. The number of rotatable bonds is 4. The van der Waals surface area contributed by atoms with Crippen molar-refractivity contribution in [2.75, 3.05) is 19.7 Å². The lowest BCUT2D eigenvalue weighted by molar-refractivity contribution is -0.164. The van der Waals surface area contributed by atoms with Crippen LogP contribution in [0.15, 0.2) is 24.3 Å². The van der Waals surface area contributed by atoms with Gasteiger partial charge in [0.1, 0.15) is 13.2 Å². The van der Waals surface area contributed by atoms with Gasteiger partial charge in [0.2, 0.25) is 5.91 Å². The summed E-state index contributed by atoms with van der Waals surface area (Å²) in [4.78, 5) is 23.9. The second-order valence-electron chi connectivity index (χ2n) is 5.20. The van der Waals surface area contributed by atoms with Crippen LogP contribution in [0.25, 0.3) is 0 Å². The molecule has 5 nitrogen and oxygen atoms in total. The van der Waals surface area contributed by atoms with Crippen LogP contribution in [0.5, 0.6) is 0 Å². The van der Waals surface area contributed by atoms with Gasteiger partial charge in [-0.3, -0.25) is 9.69 Å². The summed E-state index contributed by atoms with van der Waals surface area (Å²) in [5.74, 6) is -1.17. The lowest BCUT2D eigenvalue weighted by Gasteiger charge is -2.24. The van der Waals surface area contributed by atoms with Crippen LogP contribution in [0.4, 0.5) is 31.1 Å². The maximum atomic E-state index is 13.2. The fourth-order valence-electron chi connectivity index (χ4n) is 2.20. The zero-order valence-corrected chi connectivity index (χ0v) is 12.4. The number of ether oxygens (including phenoxy) is 1. The highest BCUT2D eigenvalue weighted by molar-refractivity contribution is 5.83. The Bertz CT molecular complexity index is 659. The molecule has 1 fully saturated rings. The van der Waals surface area contributed by atoms with Gasteiger partial charge >= 0.3 is 18.4 Å². The molecule has 0 radical (unpaired) electrons. The molecule has 1 unspecified atom stereocenters. The molecule has 1 heterocycles. The van der Waals surface area contributed by atoms with Crippen LogP contribution >= 0.6 is 0 Å². The number of hydrogen-bond acceptors (Lipinski definition) is 3. The van der Waals surface area contributed by atoms with Crippen molar-refractivity contribution in [3.8, 4) is 0 Å². The van der Waals surface area contributed by atoms with Crippen LogP contribution in [-0.4, -0.2) is 42.8 Å². The second kappa shape index (κ2) is 6.81. The number of hydrogen-bond donors (Lipinski definition) is 1. The predicted molar refractivity (Wildman–Crippen MR) is 71.3 cm³/mol. The molecule has 0 spiro atoms. The Morgan fingerprint density at radius 3 is 2.44 bits per heavy atom. The van der Waals surface area contributed by atoms with E-state index in [1.807, 2.05) is 0 Å². The zero-order chi connectivity index (χ0) is 18.8. The van der Waals surface area contributed by atoms with Crippen molar-refractivity contribution in [1.82, 2.24) is 10.2 Å². The molecule has 2 rings (SSSR count). The minimum atomic E-state index is -5.02. The Morgan fingerprint density at radius 2 is 1.92 bits per heavy atom. The summed E-state index contributed by atoms with van der Waals surface area (Å²) in [5, 5.41) is 1.62. The molecule has 1 aromatic carbocycles. The number of nitrogens with zero attached hydrogens (tertiary/aromatic N) is 1. The first-order valence-electron chi connectivity index (χ1n) is 6.93. The predicted octanol–water partition coefficient (Wildman–Crippen LogP) is 2.88. The highest BCUT2D eigenvalue weighted by Gasteiger charge is 2.43. The number of nitrogens with one attached hydrogen (secondary N) is 1. The van der Waals surface area contributed by atoms with E-state index in [0.717, 1.165) is 17.0 Å². The summed E-state index contributed by atoms with van der Waals surface area (Å²) >= 11 is 0. The van der Waals surface area contributed by atoms with Gasteiger partial charge in [-0.05, 0) is 17.7 Å². The number of amides is 2. The van der Waals surface area contributed by atoms with Gasteiger partial charge in [0.25, 0.3) is 0 Å². The molecule has 1 saturated heterocycles. The lowest BCUT2D eigenvalue weighted by Crippen LogP contribution is -2.43. The summed E-state index contributed by atoms with van der Waals surface area (Å²) in [5.41, 5.74) is -2.03. The monoisotopic (exact) mass is 370 g/mol. The highest BCUT2D eigenvalue weighted by Crippen LogP contribution is 2.36. The van der Waals surface area contributed by atoms with Crippen LogP contribution in [0, 0.1) is 0 Å². The van der Waals surface area contributed by atoms with Crippen LogP contribution < -0.4 is 5.32 Å². The lowest BCUT2D eigenvalue weighted by atomic mass is 10.0. The molecule has 0 aromatic heterocycles. The van der Waals surface area contributed by atoms with Gasteiger partial charge < -0.3 is 10.1 Å². The van der Waals surface area contributed by atoms with Crippen molar-refractivity contribution in [3.63, 3.8) is 0 Å². The van der Waals surface area contributed by atoms with Crippen molar-refractivity contribution >= 4 is 12.0 Å². The number of halogens is 6. The number of carbonyl (C=O) groups is 2. The van der Waals surface area contributed by atoms with Gasteiger partial charge in [-0.1, -0.05) is 12.1 Å². The SMILES string of the molecule is O=C(CN1CCOC1=O)NC(c1cccc(C(F)(F)F)c1)C(F)(F)F. The molecule has 0 bridgehead atoms. The van der Waals surface area contributed by atoms with E-state index in [-0.39, 0.29) is 13.2 Å². The largest absolute Gasteiger partial charge is 0.448 e. The topological polar surface area (TPSA) is 58.6 Å². The molecule has 25 heavy (non-hydrogen) atoms. The maximum Gasteiger partial charge on any atom is 0.416 e. The van der Waals surface area contributed by atoms with E-state index in [1.165, 1.54) is 0 Å². The third-order valence-electron chi connectivity index (χ3n) is 3.36. The van der Waals surface area contributed by atoms with Gasteiger partial charge in [-0.15, -0.1) is 0 Å². The molecular formula is C14H12F6N2O3. The van der Waals surface area contributed by atoms with Crippen molar-refractivity contribution in [2.24, 2.45) is 0 Å². The van der Waals surface area contributed by atoms with Gasteiger partial charge in [0, 0.05) is 0 Å². The third kappa shape index (κ3) is 4.77. The summed E-state index contributed by atoms with van der Waals surface area (Å²) < 4.78 is 82.1. The van der Waals surface area contributed by atoms with E-state index in [4.69, 9.17) is 0 Å². The Labute approximate surface area is 137 Å². The minimum Gasteiger partial charge on any atom is -0.448 e. The molecule has 1 aliphatic rings. The van der Waals surface area contributed by atoms with Gasteiger partial charge in [0.15, 0.2) is 6.04 Å². The van der Waals surface area contributed by atoms with Crippen molar-refractivity contribution < 1.29 is 40.7 Å². The molecule has 0 aliphatic carbocycles. The van der Waals surface area contributed by atoms with Crippen LogP contribution in [-0.2, 0) is 15.7 Å². The molecule has 2 amide bonds. The van der Waals surface area contributed by atoms with E-state index in [9.17, 15) is 35.9 Å². The van der Waals surface area contributed by atoms with E-state index < -0.39 is 48.1 Å². The van der Waals surface area contributed by atoms with Crippen molar-refractivity contribution in [2.45, 2.75) is 18.4 Å².